The molecule has 5 nitrogen and oxygen atoms in total. The largest absolute Gasteiger partial charge is 0.326 e. The Hall–Kier alpha value is -2.51. The summed E-state index contributed by atoms with van der Waals surface area (Å²) in [5, 5.41) is 5.42. The third-order valence-corrected chi connectivity index (χ3v) is 5.75. The molecule has 0 aliphatic heterocycles. The van der Waals surface area contributed by atoms with Crippen LogP contribution in [-0.2, 0) is 21.1 Å². The van der Waals surface area contributed by atoms with Gasteiger partial charge >= 0.3 is 0 Å². The lowest BCUT2D eigenvalue weighted by Crippen LogP contribution is -2.14. The maximum Gasteiger partial charge on any atom is 0.231 e. The zero-order valence-corrected chi connectivity index (χ0v) is 16.0. The quantitative estimate of drug-likeness (QED) is 0.725. The van der Waals surface area contributed by atoms with Crippen LogP contribution in [0.1, 0.15) is 10.6 Å². The Kier molecular flexibility index (Phi) is 5.20. The fourth-order valence-electron chi connectivity index (χ4n) is 2.38. The third-order valence-electron chi connectivity index (χ3n) is 3.78. The lowest BCUT2D eigenvalue weighted by atomic mass is 10.2. The van der Waals surface area contributed by atoms with Crippen LogP contribution in [0.2, 0.25) is 0 Å². The minimum Gasteiger partial charge on any atom is -0.326 e. The summed E-state index contributed by atoms with van der Waals surface area (Å²) in [5.41, 5.74) is 3.44. The third kappa shape index (κ3) is 4.56. The fraction of sp³-hybridized carbons (Fsp3) is 0.158. The van der Waals surface area contributed by atoms with E-state index in [9.17, 15) is 13.2 Å². The van der Waals surface area contributed by atoms with Gasteiger partial charge in [-0.1, -0.05) is 29.8 Å². The molecule has 0 bridgehead atoms. The number of anilines is 1. The normalized spacial score (nSPS) is 11.3. The Morgan fingerprint density at radius 3 is 2.35 bits per heavy atom. The lowest BCUT2D eigenvalue weighted by Gasteiger charge is -2.04. The predicted molar refractivity (Wildman–Crippen MR) is 104 cm³/mol. The van der Waals surface area contributed by atoms with Crippen molar-refractivity contribution in [2.24, 2.45) is 0 Å². The van der Waals surface area contributed by atoms with Gasteiger partial charge in [0.1, 0.15) is 5.01 Å². The summed E-state index contributed by atoms with van der Waals surface area (Å²) in [6.45, 7) is 1.99. The van der Waals surface area contributed by atoms with E-state index >= 15 is 0 Å². The van der Waals surface area contributed by atoms with Gasteiger partial charge in [0.2, 0.25) is 5.91 Å². The highest BCUT2D eigenvalue weighted by Gasteiger charge is 2.11. The topological polar surface area (TPSA) is 76.1 Å². The molecule has 0 aliphatic carbocycles. The number of nitrogens with one attached hydrogen (secondary N) is 1. The van der Waals surface area contributed by atoms with Crippen LogP contribution in [-0.4, -0.2) is 25.6 Å². The van der Waals surface area contributed by atoms with Gasteiger partial charge in [-0.15, -0.1) is 11.3 Å². The molecule has 134 valence electrons. The second-order valence-electron chi connectivity index (χ2n) is 6.01. The molecule has 3 rings (SSSR count). The molecule has 26 heavy (non-hydrogen) atoms. The second-order valence-corrected chi connectivity index (χ2v) is 8.97. The van der Waals surface area contributed by atoms with Crippen molar-refractivity contribution in [2.45, 2.75) is 18.2 Å². The summed E-state index contributed by atoms with van der Waals surface area (Å²) in [4.78, 5) is 16.9. The Balaban J connectivity index is 1.67. The molecule has 1 heterocycles. The van der Waals surface area contributed by atoms with E-state index < -0.39 is 9.84 Å². The van der Waals surface area contributed by atoms with Crippen LogP contribution in [0.4, 0.5) is 5.69 Å². The van der Waals surface area contributed by atoms with Gasteiger partial charge in [0.25, 0.3) is 0 Å². The van der Waals surface area contributed by atoms with E-state index in [1.165, 1.54) is 17.6 Å². The molecule has 7 heteroatoms. The second kappa shape index (κ2) is 7.39. The van der Waals surface area contributed by atoms with Crippen LogP contribution < -0.4 is 5.32 Å². The van der Waals surface area contributed by atoms with Crippen LogP contribution in [0.25, 0.3) is 11.3 Å². The van der Waals surface area contributed by atoms with Crippen molar-refractivity contribution in [3.8, 4) is 11.3 Å². The van der Waals surface area contributed by atoms with E-state index in [1.54, 1.807) is 24.3 Å². The molecular formula is C19H18N2O3S2. The summed E-state index contributed by atoms with van der Waals surface area (Å²) in [7, 11) is -3.22. The van der Waals surface area contributed by atoms with Crippen molar-refractivity contribution in [1.29, 1.82) is 0 Å². The number of rotatable bonds is 5. The summed E-state index contributed by atoms with van der Waals surface area (Å²) in [5.74, 6) is -0.123. The van der Waals surface area contributed by atoms with Crippen molar-refractivity contribution in [3.63, 3.8) is 0 Å². The molecule has 1 aromatic heterocycles. The SMILES string of the molecule is Cc1ccc(NC(=O)Cc2nc(-c3ccc(S(C)(=O)=O)cc3)cs2)cc1. The highest BCUT2D eigenvalue weighted by atomic mass is 32.2. The zero-order valence-electron chi connectivity index (χ0n) is 14.4. The maximum atomic E-state index is 12.2. The molecular weight excluding hydrogens is 368 g/mol. The van der Waals surface area contributed by atoms with Gasteiger partial charge in [-0.3, -0.25) is 4.79 Å². The number of aryl methyl sites for hydroxylation is 1. The number of carbonyl (C=O) groups is 1. The summed E-state index contributed by atoms with van der Waals surface area (Å²) in [6.07, 6.45) is 1.37. The maximum absolute atomic E-state index is 12.2. The van der Waals surface area contributed by atoms with Gasteiger partial charge in [-0.05, 0) is 31.2 Å². The van der Waals surface area contributed by atoms with Crippen LogP contribution in [0.15, 0.2) is 58.8 Å². The van der Waals surface area contributed by atoms with Crippen LogP contribution >= 0.6 is 11.3 Å². The molecule has 0 aliphatic rings. The molecule has 0 atom stereocenters. The monoisotopic (exact) mass is 386 g/mol. The fourth-order valence-corrected chi connectivity index (χ4v) is 3.81. The van der Waals surface area contributed by atoms with Crippen molar-refractivity contribution in [1.82, 2.24) is 4.98 Å². The van der Waals surface area contributed by atoms with Gasteiger partial charge < -0.3 is 5.32 Å². The molecule has 1 amide bonds. The highest BCUT2D eigenvalue weighted by molar-refractivity contribution is 7.90. The van der Waals surface area contributed by atoms with Crippen LogP contribution in [0.3, 0.4) is 0 Å². The van der Waals surface area contributed by atoms with Crippen molar-refractivity contribution >= 4 is 32.8 Å². The highest BCUT2D eigenvalue weighted by Crippen LogP contribution is 2.24. The van der Waals surface area contributed by atoms with Gasteiger partial charge in [-0.25, -0.2) is 13.4 Å². The molecule has 0 radical (unpaired) electrons. The molecule has 1 N–H and O–H groups in total. The summed E-state index contributed by atoms with van der Waals surface area (Å²) in [6, 6.07) is 14.2. The van der Waals surface area contributed by atoms with Gasteiger partial charge in [0.05, 0.1) is 17.0 Å². The number of hydrogen-bond acceptors (Lipinski definition) is 5. The number of sulfone groups is 1. The molecule has 0 saturated heterocycles. The number of benzene rings is 2. The van der Waals surface area contributed by atoms with Crippen molar-refractivity contribution in [3.05, 3.63) is 64.5 Å². The minimum atomic E-state index is -3.22. The van der Waals surface area contributed by atoms with E-state index in [-0.39, 0.29) is 17.2 Å². The number of thiazole rings is 1. The first kappa shape index (κ1) is 18.3. The average molecular weight is 386 g/mol. The van der Waals surface area contributed by atoms with Crippen LogP contribution in [0.5, 0.6) is 0 Å². The van der Waals surface area contributed by atoms with E-state index in [4.69, 9.17) is 0 Å². The zero-order chi connectivity index (χ0) is 18.7. The van der Waals surface area contributed by atoms with E-state index in [0.29, 0.717) is 5.01 Å². The molecule has 0 fully saturated rings. The van der Waals surface area contributed by atoms with E-state index in [1.807, 2.05) is 36.6 Å². The Labute approximate surface area is 156 Å². The molecule has 0 saturated carbocycles. The molecule has 3 aromatic rings. The number of aromatic nitrogens is 1. The van der Waals surface area contributed by atoms with Crippen molar-refractivity contribution in [2.75, 3.05) is 11.6 Å². The minimum absolute atomic E-state index is 0.123. The Bertz CT molecular complexity index is 1020. The molecule has 2 aromatic carbocycles. The number of amides is 1. The first-order chi connectivity index (χ1) is 12.3. The smallest absolute Gasteiger partial charge is 0.231 e. The molecule has 0 unspecified atom stereocenters. The number of nitrogens with zero attached hydrogens (tertiary/aromatic N) is 1. The summed E-state index contributed by atoms with van der Waals surface area (Å²) >= 11 is 1.41. The average Bonchev–Trinajstić information content (AvgIpc) is 3.04. The van der Waals surface area contributed by atoms with E-state index in [0.717, 1.165) is 22.5 Å². The van der Waals surface area contributed by atoms with Gasteiger partial charge in [-0.2, -0.15) is 0 Å². The van der Waals surface area contributed by atoms with Crippen molar-refractivity contribution < 1.29 is 13.2 Å². The first-order valence-corrected chi connectivity index (χ1v) is 10.7. The number of carbonyl (C=O) groups excluding carboxylic acids is 1. The lowest BCUT2D eigenvalue weighted by molar-refractivity contribution is -0.115. The van der Waals surface area contributed by atoms with Gasteiger partial charge in [0, 0.05) is 22.9 Å². The predicted octanol–water partition coefficient (Wildman–Crippen LogP) is 3.70. The standard InChI is InChI=1S/C19H18N2O3S2/c1-13-3-7-15(8-4-13)20-18(22)11-19-21-17(12-25-19)14-5-9-16(10-6-14)26(2,23)24/h3-10,12H,11H2,1-2H3,(H,20,22). The van der Waals surface area contributed by atoms with E-state index in [2.05, 4.69) is 10.3 Å². The Morgan fingerprint density at radius 1 is 1.08 bits per heavy atom. The summed E-state index contributed by atoms with van der Waals surface area (Å²) < 4.78 is 23.0. The van der Waals surface area contributed by atoms with Gasteiger partial charge in [0.15, 0.2) is 9.84 Å². The first-order valence-electron chi connectivity index (χ1n) is 7.93. The van der Waals surface area contributed by atoms with Crippen LogP contribution in [0, 0.1) is 6.92 Å². The Morgan fingerprint density at radius 2 is 1.73 bits per heavy atom. The molecule has 0 spiro atoms. The number of hydrogen-bond donors (Lipinski definition) is 1.